The Hall–Kier alpha value is -6.09. The van der Waals surface area contributed by atoms with Crippen LogP contribution in [-0.4, -0.2) is 75.5 Å². The van der Waals surface area contributed by atoms with E-state index in [-0.39, 0.29) is 30.9 Å². The number of aryl methyl sites for hydroxylation is 1. The SMILES string of the molecule is COc1ccc(C(=O)Nc2ccc(CN3C(=O)[C@]4(O[C@H](CCn5cc(CCO)nn5)[C@@H](C(C)(C)O)[C@@H]4C)c4cc(NC(=O)c5ccc(OC)cc5)ccc43)cc2)cc1. The summed E-state index contributed by atoms with van der Waals surface area (Å²) in [7, 11) is 3.12. The predicted molar refractivity (Wildman–Crippen MR) is 217 cm³/mol. The van der Waals surface area contributed by atoms with Crippen molar-refractivity contribution in [3.05, 3.63) is 125 Å². The summed E-state index contributed by atoms with van der Waals surface area (Å²) in [6.07, 6.45) is 2.01. The molecule has 1 spiro atoms. The molecular weight excluding hydrogens is 741 g/mol. The number of ether oxygens (including phenoxy) is 3. The van der Waals surface area contributed by atoms with Gasteiger partial charge in [-0.2, -0.15) is 0 Å². The lowest BCUT2D eigenvalue weighted by molar-refractivity contribution is -0.146. The zero-order valence-corrected chi connectivity index (χ0v) is 33.1. The second-order valence-electron chi connectivity index (χ2n) is 15.3. The van der Waals surface area contributed by atoms with E-state index >= 15 is 4.79 Å². The number of hydrogen-bond donors (Lipinski definition) is 4. The highest BCUT2D eigenvalue weighted by molar-refractivity contribution is 6.09. The summed E-state index contributed by atoms with van der Waals surface area (Å²) >= 11 is 0. The fourth-order valence-corrected chi connectivity index (χ4v) is 8.29. The van der Waals surface area contributed by atoms with Crippen LogP contribution in [0.3, 0.4) is 0 Å². The van der Waals surface area contributed by atoms with Crippen LogP contribution in [0.4, 0.5) is 17.1 Å². The molecule has 14 heteroatoms. The van der Waals surface area contributed by atoms with Crippen LogP contribution in [0.15, 0.2) is 97.2 Å². The Kier molecular flexibility index (Phi) is 11.4. The molecule has 4 atom stereocenters. The van der Waals surface area contributed by atoms with Gasteiger partial charge in [0.2, 0.25) is 0 Å². The van der Waals surface area contributed by atoms with Gasteiger partial charge in [0.15, 0.2) is 5.60 Å². The summed E-state index contributed by atoms with van der Waals surface area (Å²) in [6.45, 7) is 5.96. The molecule has 0 aliphatic carbocycles. The second-order valence-corrected chi connectivity index (χ2v) is 15.3. The molecule has 0 bridgehead atoms. The van der Waals surface area contributed by atoms with Gasteiger partial charge in [-0.1, -0.05) is 24.3 Å². The lowest BCUT2D eigenvalue weighted by atomic mass is 9.71. The van der Waals surface area contributed by atoms with E-state index in [0.717, 1.165) is 5.56 Å². The first kappa shape index (κ1) is 40.1. The Morgan fingerprint density at radius 2 is 1.47 bits per heavy atom. The molecule has 1 saturated heterocycles. The Morgan fingerprint density at radius 3 is 2.03 bits per heavy atom. The van der Waals surface area contributed by atoms with E-state index in [0.29, 0.717) is 70.3 Å². The maximum Gasteiger partial charge on any atom is 0.264 e. The number of benzene rings is 4. The third-order valence-electron chi connectivity index (χ3n) is 11.1. The largest absolute Gasteiger partial charge is 0.497 e. The van der Waals surface area contributed by atoms with Crippen molar-refractivity contribution < 1.29 is 38.8 Å². The van der Waals surface area contributed by atoms with E-state index in [1.165, 1.54) is 0 Å². The van der Waals surface area contributed by atoms with Crippen LogP contribution < -0.4 is 25.0 Å². The summed E-state index contributed by atoms with van der Waals surface area (Å²) in [5, 5.41) is 35.3. The van der Waals surface area contributed by atoms with Gasteiger partial charge in [0.25, 0.3) is 17.7 Å². The number of carbonyl (C=O) groups is 3. The van der Waals surface area contributed by atoms with Crippen LogP contribution in [0, 0.1) is 11.8 Å². The number of aliphatic hydroxyl groups excluding tert-OH is 1. The summed E-state index contributed by atoms with van der Waals surface area (Å²) < 4.78 is 19.1. The fourth-order valence-electron chi connectivity index (χ4n) is 8.29. The van der Waals surface area contributed by atoms with E-state index in [1.54, 1.807) is 117 Å². The van der Waals surface area contributed by atoms with Crippen molar-refractivity contribution in [3.8, 4) is 11.5 Å². The van der Waals surface area contributed by atoms with E-state index < -0.39 is 29.1 Å². The third kappa shape index (κ3) is 7.90. The average molecular weight is 789 g/mol. The molecule has 2 aliphatic rings. The highest BCUT2D eigenvalue weighted by atomic mass is 16.5. The van der Waals surface area contributed by atoms with Crippen molar-refractivity contribution in [2.75, 3.05) is 36.4 Å². The molecule has 1 fully saturated rings. The van der Waals surface area contributed by atoms with Crippen molar-refractivity contribution in [1.29, 1.82) is 0 Å². The number of anilines is 3. The highest BCUT2D eigenvalue weighted by Crippen LogP contribution is 2.58. The van der Waals surface area contributed by atoms with Crippen LogP contribution in [0.5, 0.6) is 11.5 Å². The van der Waals surface area contributed by atoms with Gasteiger partial charge in [0.1, 0.15) is 11.5 Å². The van der Waals surface area contributed by atoms with Gasteiger partial charge in [-0.15, -0.1) is 5.10 Å². The van der Waals surface area contributed by atoms with Gasteiger partial charge in [-0.05, 0) is 105 Å². The number of amides is 3. The van der Waals surface area contributed by atoms with Crippen molar-refractivity contribution in [2.45, 2.75) is 64.0 Å². The first-order valence-corrected chi connectivity index (χ1v) is 19.2. The summed E-state index contributed by atoms with van der Waals surface area (Å²) in [4.78, 5) is 43.1. The summed E-state index contributed by atoms with van der Waals surface area (Å²) in [5.74, 6) is -0.590. The third-order valence-corrected chi connectivity index (χ3v) is 11.1. The topological polar surface area (TPSA) is 177 Å². The molecule has 7 rings (SSSR count). The maximum atomic E-state index is 15.1. The van der Waals surface area contributed by atoms with Crippen molar-refractivity contribution in [3.63, 3.8) is 0 Å². The minimum atomic E-state index is -1.50. The lowest BCUT2D eigenvalue weighted by Gasteiger charge is -2.34. The quantitative estimate of drug-likeness (QED) is 0.111. The molecule has 5 aromatic rings. The molecule has 1 aromatic heterocycles. The number of rotatable bonds is 14. The molecule has 4 aromatic carbocycles. The Balaban J connectivity index is 1.19. The van der Waals surface area contributed by atoms with Gasteiger partial charge in [0, 0.05) is 65.7 Å². The zero-order chi connectivity index (χ0) is 41.2. The fraction of sp³-hybridized carbons (Fsp3) is 0.341. The summed E-state index contributed by atoms with van der Waals surface area (Å²) in [5.41, 5.74) is 1.91. The normalized spacial score (nSPS) is 19.9. The molecule has 3 heterocycles. The molecule has 4 N–H and O–H groups in total. The number of fused-ring (bicyclic) bond motifs is 2. The summed E-state index contributed by atoms with van der Waals surface area (Å²) in [6, 6.07) is 26.3. The molecule has 0 radical (unpaired) electrons. The molecule has 3 amide bonds. The van der Waals surface area contributed by atoms with Crippen molar-refractivity contribution in [1.82, 2.24) is 15.0 Å². The Bertz CT molecular complexity index is 2270. The number of methoxy groups -OCH3 is 2. The number of nitrogens with zero attached hydrogens (tertiary/aromatic N) is 4. The van der Waals surface area contributed by atoms with Gasteiger partial charge in [-0.3, -0.25) is 19.1 Å². The van der Waals surface area contributed by atoms with Crippen LogP contribution in [0.25, 0.3) is 0 Å². The van der Waals surface area contributed by atoms with Gasteiger partial charge < -0.3 is 40.0 Å². The molecular formula is C44H48N6O8. The first-order chi connectivity index (χ1) is 27.8. The smallest absolute Gasteiger partial charge is 0.264 e. The predicted octanol–water partition coefficient (Wildman–Crippen LogP) is 5.59. The highest BCUT2D eigenvalue weighted by Gasteiger charge is 2.65. The molecule has 0 saturated carbocycles. The maximum absolute atomic E-state index is 15.1. The van der Waals surface area contributed by atoms with Crippen molar-refractivity contribution in [2.24, 2.45) is 11.8 Å². The van der Waals surface area contributed by atoms with E-state index in [2.05, 4.69) is 20.9 Å². The number of carbonyl (C=O) groups excluding carboxylic acids is 3. The van der Waals surface area contributed by atoms with E-state index in [9.17, 15) is 19.8 Å². The monoisotopic (exact) mass is 788 g/mol. The molecule has 302 valence electrons. The lowest BCUT2D eigenvalue weighted by Crippen LogP contribution is -2.46. The molecule has 0 unspecified atom stereocenters. The van der Waals surface area contributed by atoms with Crippen LogP contribution >= 0.6 is 0 Å². The van der Waals surface area contributed by atoms with E-state index in [4.69, 9.17) is 14.2 Å². The second kappa shape index (κ2) is 16.4. The standard InChI is InChI=1S/C44H48N6O8/c1-27-39(43(2,3)55)38(20-22-49-26-33(21-23-51)47-48-49)58-44(27)36-24-32(46-41(53)30-10-17-35(57-5)18-11-30)14-19-37(36)50(42(44)54)25-28-6-12-31(13-7-28)45-40(52)29-8-15-34(56-4)16-9-29/h6-19,24,26-27,38-39,51,55H,20-23,25H2,1-5H3,(H,45,52)(H,46,53)/t27-,38+,39-,44+/m0/s1. The van der Waals surface area contributed by atoms with Crippen molar-refractivity contribution >= 4 is 34.8 Å². The number of hydrogen-bond acceptors (Lipinski definition) is 10. The Morgan fingerprint density at radius 1 is 0.879 bits per heavy atom. The molecule has 14 nitrogen and oxygen atoms in total. The van der Waals surface area contributed by atoms with Crippen LogP contribution in [-0.2, 0) is 34.6 Å². The average Bonchev–Trinajstić information content (AvgIpc) is 3.87. The van der Waals surface area contributed by atoms with Gasteiger partial charge >= 0.3 is 0 Å². The van der Waals surface area contributed by atoms with Gasteiger partial charge in [0.05, 0.1) is 43.9 Å². The van der Waals surface area contributed by atoms with Crippen LogP contribution in [0.1, 0.15) is 64.7 Å². The number of nitrogens with one attached hydrogen (secondary N) is 2. The zero-order valence-electron chi connectivity index (χ0n) is 33.1. The molecule has 58 heavy (non-hydrogen) atoms. The molecule has 2 aliphatic heterocycles. The minimum absolute atomic E-state index is 0.0445. The van der Waals surface area contributed by atoms with Crippen LogP contribution in [0.2, 0.25) is 0 Å². The van der Waals surface area contributed by atoms with Gasteiger partial charge in [-0.25, -0.2) is 0 Å². The first-order valence-electron chi connectivity index (χ1n) is 19.2. The number of aromatic nitrogens is 3. The van der Waals surface area contributed by atoms with E-state index in [1.807, 2.05) is 25.1 Å². The number of aliphatic hydroxyl groups is 2. The minimum Gasteiger partial charge on any atom is -0.497 e. The Labute approximate surface area is 336 Å².